The van der Waals surface area contributed by atoms with Crippen LogP contribution in [-0.4, -0.2) is 23.2 Å². The summed E-state index contributed by atoms with van der Waals surface area (Å²) in [5, 5.41) is 11.5. The molecular formula is C20H18ClF4NO3. The van der Waals surface area contributed by atoms with Crippen LogP contribution in [0.4, 0.5) is 23.2 Å². The van der Waals surface area contributed by atoms with Crippen LogP contribution >= 0.6 is 11.6 Å². The van der Waals surface area contributed by atoms with Crippen molar-refractivity contribution in [2.24, 2.45) is 5.92 Å². The molecule has 29 heavy (non-hydrogen) atoms. The highest BCUT2D eigenvalue weighted by Crippen LogP contribution is 2.33. The summed E-state index contributed by atoms with van der Waals surface area (Å²) in [7, 11) is 0. The first kappa shape index (κ1) is 22.7. The number of carbonyl (C=O) groups excluding carboxylic acids is 1. The minimum absolute atomic E-state index is 0.0711. The third-order valence-corrected chi connectivity index (χ3v) is 4.53. The number of hydrogen-bond acceptors (Lipinski definition) is 2. The summed E-state index contributed by atoms with van der Waals surface area (Å²) in [4.78, 5) is 23.5. The minimum atomic E-state index is -4.63. The van der Waals surface area contributed by atoms with E-state index in [2.05, 4.69) is 5.32 Å². The first-order valence-electron chi connectivity index (χ1n) is 8.60. The summed E-state index contributed by atoms with van der Waals surface area (Å²) in [6.45, 7) is 1.46. The smallest absolute Gasteiger partial charge is 0.390 e. The molecule has 156 valence electrons. The van der Waals surface area contributed by atoms with Crippen molar-refractivity contribution in [2.45, 2.75) is 31.9 Å². The van der Waals surface area contributed by atoms with E-state index in [4.69, 9.17) is 16.7 Å². The second-order valence-electron chi connectivity index (χ2n) is 6.67. The highest BCUT2D eigenvalue weighted by Gasteiger charge is 2.36. The van der Waals surface area contributed by atoms with Crippen LogP contribution in [0.2, 0.25) is 5.02 Å². The number of nitrogens with one attached hydrogen (secondary N) is 1. The Kier molecular flexibility index (Phi) is 7.24. The molecule has 0 radical (unpaired) electrons. The Labute approximate surface area is 169 Å². The molecule has 0 spiro atoms. The highest BCUT2D eigenvalue weighted by molar-refractivity contribution is 6.30. The predicted octanol–water partition coefficient (Wildman–Crippen LogP) is 5.42. The minimum Gasteiger partial charge on any atom is -0.481 e. The van der Waals surface area contributed by atoms with Crippen LogP contribution in [-0.2, 0) is 16.0 Å². The molecular weight excluding hydrogens is 414 g/mol. The number of amides is 1. The average Bonchev–Trinajstić information content (AvgIpc) is 2.62. The molecule has 0 saturated carbocycles. The van der Waals surface area contributed by atoms with E-state index in [1.165, 1.54) is 43.3 Å². The van der Waals surface area contributed by atoms with Crippen molar-refractivity contribution in [3.63, 3.8) is 0 Å². The van der Waals surface area contributed by atoms with Crippen LogP contribution in [0.25, 0.3) is 0 Å². The fraction of sp³-hybridized carbons (Fsp3) is 0.300. The van der Waals surface area contributed by atoms with E-state index in [9.17, 15) is 27.2 Å². The van der Waals surface area contributed by atoms with Gasteiger partial charge in [-0.15, -0.1) is 0 Å². The summed E-state index contributed by atoms with van der Waals surface area (Å²) in [5.74, 6) is -5.28. The van der Waals surface area contributed by atoms with Gasteiger partial charge in [-0.05, 0) is 41.8 Å². The first-order valence-corrected chi connectivity index (χ1v) is 8.98. The number of halogens is 5. The van der Waals surface area contributed by atoms with Crippen molar-refractivity contribution in [1.82, 2.24) is 0 Å². The van der Waals surface area contributed by atoms with Gasteiger partial charge in [0.25, 0.3) is 0 Å². The van der Waals surface area contributed by atoms with Crippen molar-refractivity contribution in [3.8, 4) is 0 Å². The summed E-state index contributed by atoms with van der Waals surface area (Å²) < 4.78 is 53.1. The monoisotopic (exact) mass is 431 g/mol. The normalized spacial score (nSPS) is 13.6. The molecule has 2 aromatic carbocycles. The maximum absolute atomic E-state index is 14.1. The van der Waals surface area contributed by atoms with Gasteiger partial charge in [-0.2, -0.15) is 13.2 Å². The van der Waals surface area contributed by atoms with Crippen molar-refractivity contribution in [2.75, 3.05) is 5.32 Å². The second-order valence-corrected chi connectivity index (χ2v) is 7.11. The van der Waals surface area contributed by atoms with Crippen molar-refractivity contribution >= 4 is 29.2 Å². The standard InChI is InChI=1S/C20H18ClF4NO3/c1-11(19(28)29)8-12-2-7-16(22)17(9-12)26-18(27)15(10-20(23,24)25)13-3-5-14(21)6-4-13/h2-7,9,11,15H,8,10H2,1H3,(H,26,27)(H,28,29)/t11?,15-/m0/s1. The zero-order chi connectivity index (χ0) is 21.8. The van der Waals surface area contributed by atoms with Gasteiger partial charge in [-0.3, -0.25) is 9.59 Å². The molecule has 9 heteroatoms. The molecule has 0 fully saturated rings. The highest BCUT2D eigenvalue weighted by atomic mass is 35.5. The third kappa shape index (κ3) is 6.74. The maximum Gasteiger partial charge on any atom is 0.390 e. The van der Waals surface area contributed by atoms with E-state index >= 15 is 0 Å². The van der Waals surface area contributed by atoms with Gasteiger partial charge in [0, 0.05) is 5.02 Å². The van der Waals surface area contributed by atoms with E-state index in [-0.39, 0.29) is 17.7 Å². The molecule has 0 bridgehead atoms. The Morgan fingerprint density at radius 3 is 2.31 bits per heavy atom. The molecule has 1 amide bonds. The summed E-state index contributed by atoms with van der Waals surface area (Å²) >= 11 is 5.75. The number of alkyl halides is 3. The molecule has 0 aliphatic rings. The fourth-order valence-corrected chi connectivity index (χ4v) is 2.87. The molecule has 2 atom stereocenters. The molecule has 0 saturated heterocycles. The van der Waals surface area contributed by atoms with E-state index in [0.717, 1.165) is 6.07 Å². The summed E-state index contributed by atoms with van der Waals surface area (Å²) in [6, 6.07) is 8.94. The number of carboxylic acids is 1. The SMILES string of the molecule is CC(Cc1ccc(F)c(NC(=O)[C@@H](CC(F)(F)F)c2ccc(Cl)cc2)c1)C(=O)O. The lowest BCUT2D eigenvalue weighted by molar-refractivity contribution is -0.146. The van der Waals surface area contributed by atoms with Crippen molar-refractivity contribution in [3.05, 3.63) is 64.4 Å². The molecule has 1 unspecified atom stereocenters. The number of benzene rings is 2. The van der Waals surface area contributed by atoms with Gasteiger partial charge in [0.2, 0.25) is 5.91 Å². The van der Waals surface area contributed by atoms with Crippen LogP contribution in [0.3, 0.4) is 0 Å². The van der Waals surface area contributed by atoms with E-state index in [1.54, 1.807) is 0 Å². The number of rotatable bonds is 7. The van der Waals surface area contributed by atoms with Crippen LogP contribution in [0.15, 0.2) is 42.5 Å². The lowest BCUT2D eigenvalue weighted by Crippen LogP contribution is -2.26. The van der Waals surface area contributed by atoms with Crippen LogP contribution in [0.1, 0.15) is 30.4 Å². The number of anilines is 1. The van der Waals surface area contributed by atoms with Crippen LogP contribution in [0.5, 0.6) is 0 Å². The van der Waals surface area contributed by atoms with Gasteiger partial charge < -0.3 is 10.4 Å². The van der Waals surface area contributed by atoms with E-state index in [0.29, 0.717) is 10.6 Å². The molecule has 0 aliphatic carbocycles. The molecule has 0 aliphatic heterocycles. The Morgan fingerprint density at radius 2 is 1.76 bits per heavy atom. The Balaban J connectivity index is 2.28. The van der Waals surface area contributed by atoms with Gasteiger partial charge in [0.1, 0.15) is 5.82 Å². The Morgan fingerprint density at radius 1 is 1.14 bits per heavy atom. The lowest BCUT2D eigenvalue weighted by atomic mass is 9.94. The van der Waals surface area contributed by atoms with E-state index in [1.807, 2.05) is 0 Å². The molecule has 2 N–H and O–H groups in total. The first-order chi connectivity index (χ1) is 13.5. The summed E-state index contributed by atoms with van der Waals surface area (Å²) in [5.41, 5.74) is 0.196. The number of hydrogen-bond donors (Lipinski definition) is 2. The number of carbonyl (C=O) groups is 2. The van der Waals surface area contributed by atoms with Gasteiger partial charge in [0.05, 0.1) is 23.9 Å². The Bertz CT molecular complexity index is 884. The zero-order valence-electron chi connectivity index (χ0n) is 15.3. The fourth-order valence-electron chi connectivity index (χ4n) is 2.74. The van der Waals surface area contributed by atoms with Gasteiger partial charge in [-0.25, -0.2) is 4.39 Å². The van der Waals surface area contributed by atoms with Crippen molar-refractivity contribution in [1.29, 1.82) is 0 Å². The van der Waals surface area contributed by atoms with Crippen LogP contribution < -0.4 is 5.32 Å². The maximum atomic E-state index is 14.1. The molecule has 2 rings (SSSR count). The second kappa shape index (κ2) is 9.26. The molecule has 2 aromatic rings. The number of carboxylic acid groups (broad SMARTS) is 1. The molecule has 0 aromatic heterocycles. The van der Waals surface area contributed by atoms with Crippen LogP contribution in [0, 0.1) is 11.7 Å². The largest absolute Gasteiger partial charge is 0.481 e. The molecule has 0 heterocycles. The Hall–Kier alpha value is -2.61. The lowest BCUT2D eigenvalue weighted by Gasteiger charge is -2.19. The summed E-state index contributed by atoms with van der Waals surface area (Å²) in [6.07, 6.45) is -5.99. The molecule has 4 nitrogen and oxygen atoms in total. The predicted molar refractivity (Wildman–Crippen MR) is 100 cm³/mol. The van der Waals surface area contributed by atoms with Gasteiger partial charge >= 0.3 is 12.1 Å². The van der Waals surface area contributed by atoms with Gasteiger partial charge in [0.15, 0.2) is 0 Å². The van der Waals surface area contributed by atoms with Gasteiger partial charge in [-0.1, -0.05) is 36.7 Å². The third-order valence-electron chi connectivity index (χ3n) is 4.28. The van der Waals surface area contributed by atoms with E-state index < -0.39 is 42.1 Å². The van der Waals surface area contributed by atoms with Crippen molar-refractivity contribution < 1.29 is 32.3 Å². The topological polar surface area (TPSA) is 66.4 Å². The quantitative estimate of drug-likeness (QED) is 0.575. The number of aliphatic carboxylic acids is 1. The average molecular weight is 432 g/mol. The zero-order valence-corrected chi connectivity index (χ0v) is 16.0.